The van der Waals surface area contributed by atoms with E-state index in [1.807, 2.05) is 0 Å². The fraction of sp³-hybridized carbons (Fsp3) is 0.333. The summed E-state index contributed by atoms with van der Waals surface area (Å²) < 4.78 is 18.5. The number of carbonyl (C=O) groups is 2. The molecule has 126 valence electrons. The number of hydrogen-bond acceptors (Lipinski definition) is 3. The van der Waals surface area contributed by atoms with Crippen molar-refractivity contribution in [2.24, 2.45) is 5.92 Å². The first kappa shape index (κ1) is 16.2. The van der Waals surface area contributed by atoms with E-state index in [0.29, 0.717) is 17.1 Å². The Kier molecular flexibility index (Phi) is 4.13. The third-order valence-electron chi connectivity index (χ3n) is 4.49. The molecule has 2 atom stereocenters. The van der Waals surface area contributed by atoms with Gasteiger partial charge in [0.1, 0.15) is 17.3 Å². The van der Waals surface area contributed by atoms with Crippen LogP contribution >= 0.6 is 0 Å². The fourth-order valence-electron chi connectivity index (χ4n) is 3.28. The summed E-state index contributed by atoms with van der Waals surface area (Å²) in [6.45, 7) is 3.88. The molecule has 1 N–H and O–H groups in total. The van der Waals surface area contributed by atoms with Gasteiger partial charge in [-0.25, -0.2) is 4.39 Å². The van der Waals surface area contributed by atoms with Crippen LogP contribution in [0, 0.1) is 25.6 Å². The molecule has 0 radical (unpaired) electrons. The number of benzene rings is 1. The summed E-state index contributed by atoms with van der Waals surface area (Å²) in [5, 5.41) is 9.50. The number of carboxylic acid groups (broad SMARTS) is 1. The molecule has 1 aliphatic rings. The van der Waals surface area contributed by atoms with Crippen molar-refractivity contribution in [3.05, 3.63) is 58.8 Å². The fourth-order valence-corrected chi connectivity index (χ4v) is 3.28. The Morgan fingerprint density at radius 1 is 1.21 bits per heavy atom. The van der Waals surface area contributed by atoms with Crippen molar-refractivity contribution >= 4 is 11.9 Å². The quantitative estimate of drug-likeness (QED) is 0.938. The van der Waals surface area contributed by atoms with Gasteiger partial charge in [-0.05, 0) is 37.6 Å². The average Bonchev–Trinajstić information content (AvgIpc) is 3.11. The van der Waals surface area contributed by atoms with Gasteiger partial charge in [0.15, 0.2) is 0 Å². The molecular weight excluding hydrogens is 313 g/mol. The first-order chi connectivity index (χ1) is 11.4. The van der Waals surface area contributed by atoms with Crippen LogP contribution in [0.1, 0.15) is 33.4 Å². The van der Waals surface area contributed by atoms with Crippen LogP contribution < -0.4 is 0 Å². The molecule has 1 aromatic carbocycles. The van der Waals surface area contributed by atoms with Gasteiger partial charge in [-0.2, -0.15) is 0 Å². The highest BCUT2D eigenvalue weighted by molar-refractivity contribution is 5.96. The smallest absolute Gasteiger partial charge is 0.308 e. The van der Waals surface area contributed by atoms with Gasteiger partial charge >= 0.3 is 5.97 Å². The number of carbonyl (C=O) groups excluding carboxylic acids is 1. The van der Waals surface area contributed by atoms with Gasteiger partial charge in [0.25, 0.3) is 5.91 Å². The number of aryl methyl sites for hydroxylation is 2. The zero-order valence-corrected chi connectivity index (χ0v) is 13.5. The van der Waals surface area contributed by atoms with Gasteiger partial charge in [-0.15, -0.1) is 0 Å². The van der Waals surface area contributed by atoms with Crippen LogP contribution in [0.4, 0.5) is 4.39 Å². The normalized spacial score (nSPS) is 20.4. The first-order valence-corrected chi connectivity index (χ1v) is 7.71. The Morgan fingerprint density at radius 2 is 1.88 bits per heavy atom. The zero-order valence-electron chi connectivity index (χ0n) is 13.5. The van der Waals surface area contributed by atoms with Gasteiger partial charge in [-0.1, -0.05) is 12.1 Å². The molecule has 1 aliphatic heterocycles. The molecule has 2 aromatic rings. The van der Waals surface area contributed by atoms with E-state index in [1.165, 1.54) is 17.0 Å². The molecule has 6 heteroatoms. The van der Waals surface area contributed by atoms with Crippen LogP contribution in [0.25, 0.3) is 0 Å². The van der Waals surface area contributed by atoms with E-state index >= 15 is 0 Å². The number of rotatable bonds is 3. The minimum absolute atomic E-state index is 0.125. The lowest BCUT2D eigenvalue weighted by Crippen LogP contribution is -2.30. The Bertz CT molecular complexity index is 781. The second-order valence-electron chi connectivity index (χ2n) is 6.14. The van der Waals surface area contributed by atoms with Gasteiger partial charge in [0.2, 0.25) is 0 Å². The molecule has 1 fully saturated rings. The predicted octanol–water partition coefficient (Wildman–Crippen LogP) is 2.98. The third kappa shape index (κ3) is 2.91. The molecule has 0 bridgehead atoms. The molecule has 0 unspecified atom stereocenters. The van der Waals surface area contributed by atoms with Crippen LogP contribution in [0.3, 0.4) is 0 Å². The Balaban J connectivity index is 1.87. The van der Waals surface area contributed by atoms with Gasteiger partial charge in [0.05, 0.1) is 11.5 Å². The number of aliphatic carboxylic acids is 1. The van der Waals surface area contributed by atoms with E-state index in [1.54, 1.807) is 32.0 Å². The predicted molar refractivity (Wildman–Crippen MR) is 84.4 cm³/mol. The lowest BCUT2D eigenvalue weighted by molar-refractivity contribution is -0.141. The number of nitrogens with zero attached hydrogens (tertiary/aromatic N) is 1. The van der Waals surface area contributed by atoms with Crippen LogP contribution in [-0.4, -0.2) is 35.0 Å². The third-order valence-corrected chi connectivity index (χ3v) is 4.49. The molecule has 1 amide bonds. The summed E-state index contributed by atoms with van der Waals surface area (Å²) in [6, 6.07) is 7.44. The summed E-state index contributed by atoms with van der Waals surface area (Å²) in [5.41, 5.74) is 1.18. The highest BCUT2D eigenvalue weighted by Crippen LogP contribution is 2.34. The van der Waals surface area contributed by atoms with E-state index in [-0.39, 0.29) is 30.7 Å². The van der Waals surface area contributed by atoms with Gasteiger partial charge < -0.3 is 14.4 Å². The van der Waals surface area contributed by atoms with E-state index < -0.39 is 11.9 Å². The van der Waals surface area contributed by atoms with E-state index in [0.717, 1.165) is 5.56 Å². The summed E-state index contributed by atoms with van der Waals surface area (Å²) in [4.78, 5) is 25.8. The first-order valence-electron chi connectivity index (χ1n) is 7.71. The number of amides is 1. The molecule has 1 aromatic heterocycles. The van der Waals surface area contributed by atoms with E-state index in [4.69, 9.17) is 4.42 Å². The number of furan rings is 1. The lowest BCUT2D eigenvalue weighted by atomic mass is 9.89. The molecule has 5 nitrogen and oxygen atoms in total. The molecule has 2 heterocycles. The van der Waals surface area contributed by atoms with E-state index in [2.05, 4.69) is 0 Å². The van der Waals surface area contributed by atoms with Crippen LogP contribution in [0.5, 0.6) is 0 Å². The van der Waals surface area contributed by atoms with Gasteiger partial charge in [-0.3, -0.25) is 9.59 Å². The SMILES string of the molecule is Cc1cc(C(=O)N2C[C@@H](C(=O)O)[C@H](c3ccc(F)cc3)C2)c(C)o1. The van der Waals surface area contributed by atoms with E-state index in [9.17, 15) is 19.1 Å². The number of carboxylic acids is 1. The molecule has 0 spiro atoms. The molecule has 3 rings (SSSR count). The largest absolute Gasteiger partial charge is 0.481 e. The minimum atomic E-state index is -0.959. The van der Waals surface area contributed by atoms with Crippen molar-refractivity contribution in [1.29, 1.82) is 0 Å². The Labute approximate surface area is 138 Å². The molecule has 1 saturated heterocycles. The van der Waals surface area contributed by atoms with Gasteiger partial charge in [0, 0.05) is 19.0 Å². The van der Waals surface area contributed by atoms with Crippen LogP contribution in [-0.2, 0) is 4.79 Å². The second-order valence-corrected chi connectivity index (χ2v) is 6.14. The van der Waals surface area contributed by atoms with Crippen LogP contribution in [0.15, 0.2) is 34.7 Å². The van der Waals surface area contributed by atoms with Crippen molar-refractivity contribution in [3.8, 4) is 0 Å². The maximum absolute atomic E-state index is 13.1. The lowest BCUT2D eigenvalue weighted by Gasteiger charge is -2.16. The topological polar surface area (TPSA) is 70.8 Å². The van der Waals surface area contributed by atoms with Crippen molar-refractivity contribution in [2.75, 3.05) is 13.1 Å². The number of halogens is 1. The highest BCUT2D eigenvalue weighted by Gasteiger charge is 2.41. The molecule has 24 heavy (non-hydrogen) atoms. The minimum Gasteiger partial charge on any atom is -0.481 e. The standard InChI is InChI=1S/C18H18FNO4/c1-10-7-14(11(2)24-10)17(21)20-8-15(16(9-20)18(22)23)12-3-5-13(19)6-4-12/h3-7,15-16H,8-9H2,1-2H3,(H,22,23)/t15-,16+/m0/s1. The maximum atomic E-state index is 13.1. The maximum Gasteiger partial charge on any atom is 0.308 e. The van der Waals surface area contributed by atoms with Crippen molar-refractivity contribution in [2.45, 2.75) is 19.8 Å². The summed E-state index contributed by atoms with van der Waals surface area (Å²) in [6.07, 6.45) is 0. The molecule has 0 saturated carbocycles. The van der Waals surface area contributed by atoms with Crippen molar-refractivity contribution < 1.29 is 23.5 Å². The Hall–Kier alpha value is -2.63. The Morgan fingerprint density at radius 3 is 2.42 bits per heavy atom. The molecular formula is C18H18FNO4. The summed E-state index contributed by atoms with van der Waals surface area (Å²) >= 11 is 0. The summed E-state index contributed by atoms with van der Waals surface area (Å²) in [7, 11) is 0. The van der Waals surface area contributed by atoms with Crippen molar-refractivity contribution in [3.63, 3.8) is 0 Å². The average molecular weight is 331 g/mol. The summed E-state index contributed by atoms with van der Waals surface area (Å²) in [5.74, 6) is -1.48. The second kappa shape index (κ2) is 6.11. The monoisotopic (exact) mass is 331 g/mol. The number of hydrogen-bond donors (Lipinski definition) is 1. The van der Waals surface area contributed by atoms with Crippen LogP contribution in [0.2, 0.25) is 0 Å². The molecule has 0 aliphatic carbocycles. The zero-order chi connectivity index (χ0) is 17.4. The highest BCUT2D eigenvalue weighted by atomic mass is 19.1. The number of likely N-dealkylation sites (tertiary alicyclic amines) is 1. The van der Waals surface area contributed by atoms with Crippen molar-refractivity contribution in [1.82, 2.24) is 4.90 Å².